The molecule has 0 amide bonds. The van der Waals surface area contributed by atoms with Crippen LogP contribution < -0.4 is 0 Å². The monoisotopic (exact) mass is 181 g/mol. The number of carbonyl (C=O) groups excluding carboxylic acids is 1. The zero-order valence-electron chi connectivity index (χ0n) is 8.16. The van der Waals surface area contributed by atoms with Gasteiger partial charge in [0.1, 0.15) is 5.78 Å². The minimum atomic E-state index is 0.212. The van der Waals surface area contributed by atoms with E-state index in [4.69, 9.17) is 0 Å². The Bertz CT molecular complexity index is 280. The smallest absolute Gasteiger partial charge is 0.130 e. The van der Waals surface area contributed by atoms with Crippen molar-refractivity contribution in [3.05, 3.63) is 11.9 Å². The SMILES string of the molecule is CCCn1nncc1CCC(C)=O. The van der Waals surface area contributed by atoms with Crippen molar-refractivity contribution in [2.24, 2.45) is 0 Å². The number of Topliss-reactive ketones (excluding diaryl/α,β-unsaturated/α-hetero) is 1. The largest absolute Gasteiger partial charge is 0.300 e. The maximum Gasteiger partial charge on any atom is 0.130 e. The van der Waals surface area contributed by atoms with E-state index in [2.05, 4.69) is 17.2 Å². The van der Waals surface area contributed by atoms with Crippen LogP contribution in [0.2, 0.25) is 0 Å². The van der Waals surface area contributed by atoms with Gasteiger partial charge in [-0.1, -0.05) is 12.1 Å². The summed E-state index contributed by atoms with van der Waals surface area (Å²) in [7, 11) is 0. The molecule has 0 aliphatic rings. The molecule has 0 bridgehead atoms. The van der Waals surface area contributed by atoms with Crippen molar-refractivity contribution >= 4 is 5.78 Å². The molecule has 0 atom stereocenters. The molecule has 72 valence electrons. The molecule has 0 fully saturated rings. The van der Waals surface area contributed by atoms with Gasteiger partial charge in [-0.15, -0.1) is 5.10 Å². The van der Waals surface area contributed by atoms with E-state index < -0.39 is 0 Å². The van der Waals surface area contributed by atoms with Crippen molar-refractivity contribution in [2.75, 3.05) is 0 Å². The molecule has 0 aliphatic carbocycles. The Morgan fingerprint density at radius 1 is 1.62 bits per heavy atom. The summed E-state index contributed by atoms with van der Waals surface area (Å²) in [6.45, 7) is 4.58. The third kappa shape index (κ3) is 2.97. The maximum atomic E-state index is 10.8. The highest BCUT2D eigenvalue weighted by Gasteiger charge is 2.03. The molecular weight excluding hydrogens is 166 g/mol. The van der Waals surface area contributed by atoms with E-state index in [1.54, 1.807) is 13.1 Å². The molecule has 13 heavy (non-hydrogen) atoms. The van der Waals surface area contributed by atoms with Gasteiger partial charge in [0.25, 0.3) is 0 Å². The number of carbonyl (C=O) groups is 1. The molecule has 4 nitrogen and oxygen atoms in total. The summed E-state index contributed by atoms with van der Waals surface area (Å²) in [5.74, 6) is 0.212. The Kier molecular flexibility index (Phi) is 3.61. The normalized spacial score (nSPS) is 10.3. The van der Waals surface area contributed by atoms with Crippen LogP contribution in [0, 0.1) is 0 Å². The van der Waals surface area contributed by atoms with Crippen molar-refractivity contribution < 1.29 is 4.79 Å². The van der Waals surface area contributed by atoms with E-state index in [1.165, 1.54) is 0 Å². The average Bonchev–Trinajstić information content (AvgIpc) is 2.49. The fourth-order valence-electron chi connectivity index (χ4n) is 1.18. The fraction of sp³-hybridized carbons (Fsp3) is 0.667. The molecular formula is C9H15N3O. The molecule has 0 saturated carbocycles. The van der Waals surface area contributed by atoms with E-state index in [0.29, 0.717) is 6.42 Å². The maximum absolute atomic E-state index is 10.8. The standard InChI is InChI=1S/C9H15N3O/c1-3-6-12-9(7-10-11-12)5-4-8(2)13/h7H,3-6H2,1-2H3. The van der Waals surface area contributed by atoms with Crippen LogP contribution in [0.25, 0.3) is 0 Å². The topological polar surface area (TPSA) is 47.8 Å². The van der Waals surface area contributed by atoms with E-state index in [9.17, 15) is 4.79 Å². The van der Waals surface area contributed by atoms with Crippen molar-refractivity contribution in [2.45, 2.75) is 39.7 Å². The van der Waals surface area contributed by atoms with Crippen LogP contribution in [0.15, 0.2) is 6.20 Å². The van der Waals surface area contributed by atoms with Gasteiger partial charge in [0.2, 0.25) is 0 Å². The molecule has 1 heterocycles. The minimum absolute atomic E-state index is 0.212. The number of aryl methyl sites for hydroxylation is 2. The highest BCUT2D eigenvalue weighted by Crippen LogP contribution is 2.02. The van der Waals surface area contributed by atoms with Crippen LogP contribution in [0.3, 0.4) is 0 Å². The summed E-state index contributed by atoms with van der Waals surface area (Å²) < 4.78 is 1.86. The lowest BCUT2D eigenvalue weighted by atomic mass is 10.2. The second-order valence-corrected chi connectivity index (χ2v) is 3.15. The number of hydrogen-bond donors (Lipinski definition) is 0. The number of ketones is 1. The Balaban J connectivity index is 2.54. The van der Waals surface area contributed by atoms with E-state index in [-0.39, 0.29) is 5.78 Å². The number of aromatic nitrogens is 3. The summed E-state index contributed by atoms with van der Waals surface area (Å²) >= 11 is 0. The quantitative estimate of drug-likeness (QED) is 0.686. The molecule has 0 N–H and O–H groups in total. The predicted octanol–water partition coefficient (Wildman–Crippen LogP) is 1.21. The van der Waals surface area contributed by atoms with Crippen molar-refractivity contribution in [1.29, 1.82) is 0 Å². The summed E-state index contributed by atoms with van der Waals surface area (Å²) in [5.41, 5.74) is 1.05. The molecule has 0 saturated heterocycles. The van der Waals surface area contributed by atoms with Crippen LogP contribution in [0.1, 0.15) is 32.4 Å². The lowest BCUT2D eigenvalue weighted by Crippen LogP contribution is -2.06. The summed E-state index contributed by atoms with van der Waals surface area (Å²) in [6.07, 6.45) is 4.11. The Labute approximate surface area is 77.9 Å². The second kappa shape index (κ2) is 4.74. The molecule has 1 aromatic rings. The zero-order valence-corrected chi connectivity index (χ0v) is 8.16. The lowest BCUT2D eigenvalue weighted by Gasteiger charge is -2.02. The van der Waals surface area contributed by atoms with Crippen LogP contribution in [-0.4, -0.2) is 20.8 Å². The number of rotatable bonds is 5. The highest BCUT2D eigenvalue weighted by molar-refractivity contribution is 5.75. The minimum Gasteiger partial charge on any atom is -0.300 e. The van der Waals surface area contributed by atoms with Crippen molar-refractivity contribution in [1.82, 2.24) is 15.0 Å². The van der Waals surface area contributed by atoms with Gasteiger partial charge in [-0.2, -0.15) is 0 Å². The first-order chi connectivity index (χ1) is 6.24. The van der Waals surface area contributed by atoms with Gasteiger partial charge in [-0.05, 0) is 19.8 Å². The van der Waals surface area contributed by atoms with Gasteiger partial charge < -0.3 is 4.79 Å². The van der Waals surface area contributed by atoms with Gasteiger partial charge in [0.15, 0.2) is 0 Å². The molecule has 0 radical (unpaired) electrons. The third-order valence-corrected chi connectivity index (χ3v) is 1.87. The molecule has 1 aromatic heterocycles. The predicted molar refractivity (Wildman–Crippen MR) is 49.3 cm³/mol. The van der Waals surface area contributed by atoms with Gasteiger partial charge in [0, 0.05) is 13.0 Å². The molecule has 1 rings (SSSR count). The van der Waals surface area contributed by atoms with Gasteiger partial charge in [-0.3, -0.25) is 0 Å². The first-order valence-electron chi connectivity index (χ1n) is 4.61. The number of nitrogens with zero attached hydrogens (tertiary/aromatic N) is 3. The van der Waals surface area contributed by atoms with Gasteiger partial charge in [0.05, 0.1) is 11.9 Å². The zero-order chi connectivity index (χ0) is 9.68. The van der Waals surface area contributed by atoms with Crippen LogP contribution in [-0.2, 0) is 17.8 Å². The molecule has 0 aromatic carbocycles. The van der Waals surface area contributed by atoms with Crippen molar-refractivity contribution in [3.8, 4) is 0 Å². The van der Waals surface area contributed by atoms with Crippen LogP contribution in [0.4, 0.5) is 0 Å². The summed E-state index contributed by atoms with van der Waals surface area (Å²) in [6, 6.07) is 0. The Morgan fingerprint density at radius 2 is 2.38 bits per heavy atom. The Morgan fingerprint density at radius 3 is 3.00 bits per heavy atom. The Hall–Kier alpha value is -1.19. The van der Waals surface area contributed by atoms with Crippen LogP contribution >= 0.6 is 0 Å². The van der Waals surface area contributed by atoms with Gasteiger partial charge >= 0.3 is 0 Å². The molecule has 4 heteroatoms. The van der Waals surface area contributed by atoms with E-state index in [0.717, 1.165) is 25.1 Å². The third-order valence-electron chi connectivity index (χ3n) is 1.87. The fourth-order valence-corrected chi connectivity index (χ4v) is 1.18. The number of hydrogen-bond acceptors (Lipinski definition) is 3. The first-order valence-corrected chi connectivity index (χ1v) is 4.61. The first kappa shape index (κ1) is 9.89. The molecule has 0 spiro atoms. The van der Waals surface area contributed by atoms with E-state index >= 15 is 0 Å². The molecule has 0 unspecified atom stereocenters. The van der Waals surface area contributed by atoms with E-state index in [1.807, 2.05) is 4.68 Å². The highest BCUT2D eigenvalue weighted by atomic mass is 16.1. The van der Waals surface area contributed by atoms with Gasteiger partial charge in [-0.25, -0.2) is 4.68 Å². The lowest BCUT2D eigenvalue weighted by molar-refractivity contribution is -0.117. The summed E-state index contributed by atoms with van der Waals surface area (Å²) in [4.78, 5) is 10.8. The van der Waals surface area contributed by atoms with Crippen molar-refractivity contribution in [3.63, 3.8) is 0 Å². The molecule has 0 aliphatic heterocycles. The van der Waals surface area contributed by atoms with Crippen LogP contribution in [0.5, 0.6) is 0 Å². The second-order valence-electron chi connectivity index (χ2n) is 3.15. The summed E-state index contributed by atoms with van der Waals surface area (Å²) in [5, 5.41) is 7.76. The average molecular weight is 181 g/mol.